The molecule has 0 saturated carbocycles. The number of carbonyl (C=O) groups is 1. The second kappa shape index (κ2) is 10.5. The third-order valence-electron chi connectivity index (χ3n) is 5.79. The van der Waals surface area contributed by atoms with Gasteiger partial charge in [-0.3, -0.25) is 14.2 Å². The van der Waals surface area contributed by atoms with E-state index in [4.69, 9.17) is 0 Å². The number of aliphatic hydroxyl groups excluding tert-OH is 1. The third-order valence-corrected chi connectivity index (χ3v) is 5.79. The Hall–Kier alpha value is -3.82. The summed E-state index contributed by atoms with van der Waals surface area (Å²) in [5.41, 5.74) is -2.93. The molecule has 1 amide bonds. The van der Waals surface area contributed by atoms with E-state index in [2.05, 4.69) is 9.97 Å². The quantitative estimate of drug-likeness (QED) is 0.439. The molecule has 3 aromatic rings. The summed E-state index contributed by atoms with van der Waals surface area (Å²) < 4.78 is 109. The number of hydrogen-bond donors (Lipinski definition) is 2. The van der Waals surface area contributed by atoms with Crippen LogP contribution in [0.1, 0.15) is 16.8 Å². The Labute approximate surface area is 207 Å². The van der Waals surface area contributed by atoms with Crippen LogP contribution >= 0.6 is 0 Å². The summed E-state index contributed by atoms with van der Waals surface area (Å²) in [6.07, 6.45) is -10.7. The number of pyridine rings is 3. The smallest absolute Gasteiger partial charge is 0.271 e. The first-order valence-electron chi connectivity index (χ1n) is 10.9. The highest BCUT2D eigenvalue weighted by molar-refractivity contribution is 5.97. The molecule has 1 fully saturated rings. The predicted molar refractivity (Wildman–Crippen MR) is 116 cm³/mol. The first-order valence-corrected chi connectivity index (χ1v) is 10.9. The molecule has 3 atom stereocenters. The molecule has 0 bridgehead atoms. The highest BCUT2D eigenvalue weighted by Crippen LogP contribution is 2.27. The van der Waals surface area contributed by atoms with Crippen molar-refractivity contribution in [2.45, 2.75) is 37.6 Å². The summed E-state index contributed by atoms with van der Waals surface area (Å²) >= 11 is 0. The van der Waals surface area contributed by atoms with E-state index in [0.29, 0.717) is 29.1 Å². The minimum atomic E-state index is -3.90. The number of anilines is 1. The molecular formula is C22H17F8N5O3. The van der Waals surface area contributed by atoms with Crippen LogP contribution in [0.25, 0.3) is 16.9 Å². The van der Waals surface area contributed by atoms with E-state index >= 15 is 0 Å². The Kier molecular flexibility index (Phi) is 7.53. The number of fused-ring (bicyclic) bond motifs is 1. The summed E-state index contributed by atoms with van der Waals surface area (Å²) in [5.74, 6) is -6.42. The van der Waals surface area contributed by atoms with Crippen LogP contribution in [0.3, 0.4) is 0 Å². The van der Waals surface area contributed by atoms with Crippen LogP contribution in [0.5, 0.6) is 0 Å². The Bertz CT molecular complexity index is 1440. The standard InChI is InChI=1S/C22H17F8N5O3/c23-8-3-12(24)20(31-5-8)35-7-11(22(38)32-15(18(29)30)14(26)17(27)28)16(37)10-4-13(25)21(33-19(10)35)34-2-1-9(36)6-34/h3-5,7,9,14-15,17-18,36H,1-2,6H2,(H,32,38)/t9-,14?,15?/m0/s1. The van der Waals surface area contributed by atoms with E-state index in [1.807, 2.05) is 0 Å². The summed E-state index contributed by atoms with van der Waals surface area (Å²) in [7, 11) is 0. The van der Waals surface area contributed by atoms with Gasteiger partial charge in [0.05, 0.1) is 17.7 Å². The van der Waals surface area contributed by atoms with E-state index in [1.165, 1.54) is 10.2 Å². The second-order valence-corrected chi connectivity index (χ2v) is 8.37. The molecule has 0 aliphatic carbocycles. The Morgan fingerprint density at radius 1 is 1.05 bits per heavy atom. The molecule has 0 aromatic carbocycles. The van der Waals surface area contributed by atoms with Gasteiger partial charge in [0, 0.05) is 25.4 Å². The van der Waals surface area contributed by atoms with E-state index < -0.39 is 82.4 Å². The molecule has 0 radical (unpaired) electrons. The summed E-state index contributed by atoms with van der Waals surface area (Å²) in [6, 6.07) is -2.03. The third kappa shape index (κ3) is 5.12. The number of aliphatic hydroxyl groups is 1. The lowest BCUT2D eigenvalue weighted by Gasteiger charge is -2.22. The minimum absolute atomic E-state index is 0.0349. The topological polar surface area (TPSA) is 100 Å². The van der Waals surface area contributed by atoms with Gasteiger partial charge in [0.1, 0.15) is 17.4 Å². The minimum Gasteiger partial charge on any atom is -0.391 e. The molecule has 4 heterocycles. The molecule has 1 aliphatic heterocycles. The number of nitrogens with zero attached hydrogens (tertiary/aromatic N) is 4. The first-order chi connectivity index (χ1) is 17.9. The van der Waals surface area contributed by atoms with Gasteiger partial charge in [0.2, 0.25) is 5.43 Å². The van der Waals surface area contributed by atoms with Gasteiger partial charge >= 0.3 is 0 Å². The van der Waals surface area contributed by atoms with Crippen LogP contribution in [0.15, 0.2) is 29.3 Å². The number of hydrogen-bond acceptors (Lipinski definition) is 6. The van der Waals surface area contributed by atoms with Gasteiger partial charge < -0.3 is 15.3 Å². The lowest BCUT2D eigenvalue weighted by Crippen LogP contribution is -2.49. The first kappa shape index (κ1) is 27.2. The number of alkyl halides is 5. The highest BCUT2D eigenvalue weighted by atomic mass is 19.3. The molecule has 16 heteroatoms. The molecule has 2 N–H and O–H groups in total. The average Bonchev–Trinajstić information content (AvgIpc) is 3.28. The molecule has 38 heavy (non-hydrogen) atoms. The zero-order valence-electron chi connectivity index (χ0n) is 18.9. The number of halogens is 8. The van der Waals surface area contributed by atoms with Gasteiger partial charge in [0.15, 0.2) is 35.1 Å². The summed E-state index contributed by atoms with van der Waals surface area (Å²) in [4.78, 5) is 34.6. The van der Waals surface area contributed by atoms with Gasteiger partial charge in [-0.25, -0.2) is 45.1 Å². The SMILES string of the molecule is O=C(NC(C(F)F)C(F)C(F)F)c1cn(-c2ncc(F)cc2F)c2nc(N3CC[C@H](O)C3)c(F)cc2c1=O. The van der Waals surface area contributed by atoms with E-state index in [1.54, 1.807) is 0 Å². The van der Waals surface area contributed by atoms with Crippen molar-refractivity contribution in [3.63, 3.8) is 0 Å². The Morgan fingerprint density at radius 2 is 1.74 bits per heavy atom. The van der Waals surface area contributed by atoms with E-state index in [9.17, 15) is 49.8 Å². The number of rotatable bonds is 7. The fourth-order valence-corrected chi connectivity index (χ4v) is 3.95. The van der Waals surface area contributed by atoms with Gasteiger partial charge in [-0.15, -0.1) is 0 Å². The average molecular weight is 551 g/mol. The van der Waals surface area contributed by atoms with Crippen molar-refractivity contribution < 1.29 is 45.0 Å². The maximum atomic E-state index is 15.0. The fraction of sp³-hybridized carbons (Fsp3) is 0.364. The maximum Gasteiger partial charge on any atom is 0.271 e. The van der Waals surface area contributed by atoms with Crippen molar-refractivity contribution in [3.05, 3.63) is 57.8 Å². The Morgan fingerprint density at radius 3 is 2.32 bits per heavy atom. The monoisotopic (exact) mass is 551 g/mol. The van der Waals surface area contributed by atoms with Crippen molar-refractivity contribution in [2.75, 3.05) is 18.0 Å². The van der Waals surface area contributed by atoms with Crippen molar-refractivity contribution in [3.8, 4) is 5.82 Å². The maximum absolute atomic E-state index is 15.0. The normalized spacial score (nSPS) is 17.4. The van der Waals surface area contributed by atoms with Crippen molar-refractivity contribution in [2.24, 2.45) is 0 Å². The lowest BCUT2D eigenvalue weighted by atomic mass is 10.1. The van der Waals surface area contributed by atoms with Gasteiger partial charge in [-0.1, -0.05) is 0 Å². The zero-order valence-corrected chi connectivity index (χ0v) is 18.9. The van der Waals surface area contributed by atoms with Gasteiger partial charge in [0.25, 0.3) is 18.8 Å². The molecule has 1 saturated heterocycles. The van der Waals surface area contributed by atoms with Crippen LogP contribution < -0.4 is 15.6 Å². The van der Waals surface area contributed by atoms with Crippen molar-refractivity contribution in [1.82, 2.24) is 19.9 Å². The molecule has 1 aliphatic rings. The van der Waals surface area contributed by atoms with Crippen molar-refractivity contribution >= 4 is 22.8 Å². The fourth-order valence-electron chi connectivity index (χ4n) is 3.95. The Balaban J connectivity index is 1.92. The second-order valence-electron chi connectivity index (χ2n) is 8.37. The van der Waals surface area contributed by atoms with E-state index in [-0.39, 0.29) is 25.3 Å². The van der Waals surface area contributed by atoms with Crippen LogP contribution in [0.4, 0.5) is 40.9 Å². The molecule has 8 nitrogen and oxygen atoms in total. The van der Waals surface area contributed by atoms with E-state index in [0.717, 1.165) is 0 Å². The molecule has 3 aromatic heterocycles. The number of β-amino-alcohol motifs (C(OH)–C–C–N with tert-alkyl or cyclic N) is 1. The summed E-state index contributed by atoms with van der Waals surface area (Å²) in [5, 5.41) is 10.4. The van der Waals surface area contributed by atoms with Gasteiger partial charge in [-0.2, -0.15) is 0 Å². The van der Waals surface area contributed by atoms with Gasteiger partial charge in [-0.05, 0) is 12.5 Å². The number of amides is 1. The van der Waals surface area contributed by atoms with Crippen LogP contribution in [-0.2, 0) is 0 Å². The number of aromatic nitrogens is 3. The number of carbonyl (C=O) groups excluding carboxylic acids is 1. The predicted octanol–water partition coefficient (Wildman–Crippen LogP) is 2.74. The molecular weight excluding hydrogens is 534 g/mol. The summed E-state index contributed by atoms with van der Waals surface area (Å²) in [6.45, 7) is 0.126. The lowest BCUT2D eigenvalue weighted by molar-refractivity contribution is -0.0201. The van der Waals surface area contributed by atoms with Crippen LogP contribution in [0.2, 0.25) is 0 Å². The molecule has 204 valence electrons. The number of nitrogens with one attached hydrogen (secondary N) is 1. The molecule has 2 unspecified atom stereocenters. The largest absolute Gasteiger partial charge is 0.391 e. The molecule has 0 spiro atoms. The van der Waals surface area contributed by atoms with Crippen molar-refractivity contribution in [1.29, 1.82) is 0 Å². The molecule has 4 rings (SSSR count). The zero-order chi connectivity index (χ0) is 27.9. The van der Waals surface area contributed by atoms with Crippen LogP contribution in [0, 0.1) is 17.5 Å². The van der Waals surface area contributed by atoms with Crippen LogP contribution in [-0.4, -0.2) is 69.8 Å². The highest BCUT2D eigenvalue weighted by Gasteiger charge is 2.38.